The van der Waals surface area contributed by atoms with E-state index in [0.29, 0.717) is 12.1 Å². The van der Waals surface area contributed by atoms with Crippen LogP contribution in [0.2, 0.25) is 0 Å². The van der Waals surface area contributed by atoms with Crippen LogP contribution >= 0.6 is 11.8 Å². The van der Waals surface area contributed by atoms with Gasteiger partial charge in [-0.3, -0.25) is 0 Å². The maximum atomic E-state index is 6.04. The van der Waals surface area contributed by atoms with Crippen LogP contribution in [-0.2, 0) is 4.74 Å². The molecule has 2 nitrogen and oxygen atoms in total. The van der Waals surface area contributed by atoms with Crippen molar-refractivity contribution >= 4 is 11.8 Å². The summed E-state index contributed by atoms with van der Waals surface area (Å²) in [6, 6.07) is 0.392. The first-order valence-electron chi connectivity index (χ1n) is 6.28. The molecular formula is C12H25NOS. The van der Waals surface area contributed by atoms with Crippen molar-refractivity contribution in [2.75, 3.05) is 18.1 Å². The normalized spacial score (nSPS) is 23.2. The molecule has 2 atom stereocenters. The highest BCUT2D eigenvalue weighted by molar-refractivity contribution is 7.99. The number of hydrogen-bond acceptors (Lipinski definition) is 3. The van der Waals surface area contributed by atoms with Crippen LogP contribution in [0, 0.1) is 0 Å². The second kappa shape index (κ2) is 8.43. The van der Waals surface area contributed by atoms with E-state index < -0.39 is 0 Å². The molecule has 1 aliphatic rings. The third-order valence-corrected chi connectivity index (χ3v) is 4.17. The topological polar surface area (TPSA) is 35.2 Å². The zero-order chi connectivity index (χ0) is 10.9. The van der Waals surface area contributed by atoms with Crippen molar-refractivity contribution in [1.29, 1.82) is 0 Å². The molecule has 0 aliphatic carbocycles. The SMILES string of the molecule is CCCSCC(N)CCCC1CCCO1. The van der Waals surface area contributed by atoms with E-state index in [-0.39, 0.29) is 0 Å². The van der Waals surface area contributed by atoms with E-state index in [1.165, 1.54) is 37.9 Å². The van der Waals surface area contributed by atoms with E-state index in [0.717, 1.165) is 18.8 Å². The van der Waals surface area contributed by atoms with E-state index in [9.17, 15) is 0 Å². The maximum absolute atomic E-state index is 6.04. The average molecular weight is 231 g/mol. The van der Waals surface area contributed by atoms with Gasteiger partial charge in [-0.05, 0) is 44.3 Å². The van der Waals surface area contributed by atoms with Gasteiger partial charge in [0.25, 0.3) is 0 Å². The van der Waals surface area contributed by atoms with E-state index in [4.69, 9.17) is 10.5 Å². The fraction of sp³-hybridized carbons (Fsp3) is 1.00. The van der Waals surface area contributed by atoms with Crippen LogP contribution in [0.5, 0.6) is 0 Å². The molecule has 0 spiro atoms. The summed E-state index contributed by atoms with van der Waals surface area (Å²) in [6.07, 6.45) is 7.93. The number of ether oxygens (including phenoxy) is 1. The van der Waals surface area contributed by atoms with Crippen LogP contribution in [-0.4, -0.2) is 30.3 Å². The molecule has 1 rings (SSSR count). The summed E-state index contributed by atoms with van der Waals surface area (Å²) in [4.78, 5) is 0. The van der Waals surface area contributed by atoms with Crippen LogP contribution in [0.1, 0.15) is 45.4 Å². The van der Waals surface area contributed by atoms with Gasteiger partial charge in [0.05, 0.1) is 6.10 Å². The predicted octanol–water partition coefficient (Wildman–Crippen LogP) is 2.81. The lowest BCUT2D eigenvalue weighted by Gasteiger charge is -2.13. The Kier molecular flexibility index (Phi) is 7.49. The Hall–Kier alpha value is 0.270. The lowest BCUT2D eigenvalue weighted by molar-refractivity contribution is 0.102. The Labute approximate surface area is 98.3 Å². The minimum Gasteiger partial charge on any atom is -0.378 e. The second-order valence-corrected chi connectivity index (χ2v) is 5.55. The molecule has 90 valence electrons. The van der Waals surface area contributed by atoms with Gasteiger partial charge in [0.15, 0.2) is 0 Å². The molecule has 0 saturated carbocycles. The van der Waals surface area contributed by atoms with Crippen molar-refractivity contribution in [3.63, 3.8) is 0 Å². The molecule has 0 aromatic rings. The quantitative estimate of drug-likeness (QED) is 0.652. The third-order valence-electron chi connectivity index (χ3n) is 2.81. The fourth-order valence-corrected chi connectivity index (χ4v) is 2.87. The fourth-order valence-electron chi connectivity index (χ4n) is 1.94. The zero-order valence-electron chi connectivity index (χ0n) is 9.91. The maximum Gasteiger partial charge on any atom is 0.0576 e. The van der Waals surface area contributed by atoms with Crippen molar-refractivity contribution in [2.24, 2.45) is 5.73 Å². The van der Waals surface area contributed by atoms with E-state index in [1.807, 2.05) is 11.8 Å². The molecule has 1 saturated heterocycles. The molecule has 2 N–H and O–H groups in total. The third kappa shape index (κ3) is 6.44. The summed E-state index contributed by atoms with van der Waals surface area (Å²) in [5.74, 6) is 2.37. The molecule has 0 aromatic carbocycles. The monoisotopic (exact) mass is 231 g/mol. The van der Waals surface area contributed by atoms with Gasteiger partial charge in [-0.15, -0.1) is 0 Å². The highest BCUT2D eigenvalue weighted by atomic mass is 32.2. The summed E-state index contributed by atoms with van der Waals surface area (Å²) in [7, 11) is 0. The van der Waals surface area contributed by atoms with Crippen LogP contribution in [0.3, 0.4) is 0 Å². The molecule has 2 unspecified atom stereocenters. The minimum absolute atomic E-state index is 0.392. The van der Waals surface area contributed by atoms with Gasteiger partial charge in [0.2, 0.25) is 0 Å². The summed E-state index contributed by atoms with van der Waals surface area (Å²) in [5, 5.41) is 0. The van der Waals surface area contributed by atoms with Gasteiger partial charge in [0, 0.05) is 18.4 Å². The Morgan fingerprint density at radius 2 is 2.40 bits per heavy atom. The van der Waals surface area contributed by atoms with E-state index in [1.54, 1.807) is 0 Å². The second-order valence-electron chi connectivity index (χ2n) is 4.40. The first-order chi connectivity index (χ1) is 7.33. The van der Waals surface area contributed by atoms with Gasteiger partial charge in [-0.1, -0.05) is 6.92 Å². The van der Waals surface area contributed by atoms with Crippen LogP contribution in [0.4, 0.5) is 0 Å². The Morgan fingerprint density at radius 1 is 1.53 bits per heavy atom. The first-order valence-corrected chi connectivity index (χ1v) is 7.43. The van der Waals surface area contributed by atoms with Gasteiger partial charge in [-0.2, -0.15) is 11.8 Å². The highest BCUT2D eigenvalue weighted by Gasteiger charge is 2.15. The number of thioether (sulfide) groups is 1. The van der Waals surface area contributed by atoms with Crippen molar-refractivity contribution in [3.05, 3.63) is 0 Å². The summed E-state index contributed by atoms with van der Waals surface area (Å²) in [5.41, 5.74) is 6.04. The van der Waals surface area contributed by atoms with Gasteiger partial charge in [-0.25, -0.2) is 0 Å². The minimum atomic E-state index is 0.392. The number of nitrogens with two attached hydrogens (primary N) is 1. The lowest BCUT2D eigenvalue weighted by atomic mass is 10.1. The predicted molar refractivity (Wildman–Crippen MR) is 68.4 cm³/mol. The molecule has 1 heterocycles. The van der Waals surface area contributed by atoms with Gasteiger partial charge >= 0.3 is 0 Å². The Morgan fingerprint density at radius 3 is 3.07 bits per heavy atom. The van der Waals surface area contributed by atoms with Crippen LogP contribution in [0.25, 0.3) is 0 Å². The first kappa shape index (κ1) is 13.3. The van der Waals surface area contributed by atoms with Crippen molar-refractivity contribution in [2.45, 2.75) is 57.6 Å². The number of rotatable bonds is 8. The summed E-state index contributed by atoms with van der Waals surface area (Å²) < 4.78 is 5.59. The molecule has 3 heteroatoms. The molecule has 0 amide bonds. The van der Waals surface area contributed by atoms with Gasteiger partial charge in [0.1, 0.15) is 0 Å². The van der Waals surface area contributed by atoms with Crippen molar-refractivity contribution in [3.8, 4) is 0 Å². The molecule has 1 fully saturated rings. The number of hydrogen-bond donors (Lipinski definition) is 1. The lowest BCUT2D eigenvalue weighted by Crippen LogP contribution is -2.23. The molecule has 0 aromatic heterocycles. The smallest absolute Gasteiger partial charge is 0.0576 e. The molecule has 0 bridgehead atoms. The molecule has 15 heavy (non-hydrogen) atoms. The summed E-state index contributed by atoms with van der Waals surface area (Å²) in [6.45, 7) is 3.19. The molecular weight excluding hydrogens is 206 g/mol. The summed E-state index contributed by atoms with van der Waals surface area (Å²) >= 11 is 1.99. The van der Waals surface area contributed by atoms with Crippen LogP contribution < -0.4 is 5.73 Å². The molecule has 1 aliphatic heterocycles. The highest BCUT2D eigenvalue weighted by Crippen LogP contribution is 2.18. The van der Waals surface area contributed by atoms with E-state index in [2.05, 4.69) is 6.92 Å². The Balaban J connectivity index is 1.89. The van der Waals surface area contributed by atoms with E-state index >= 15 is 0 Å². The van der Waals surface area contributed by atoms with Crippen molar-refractivity contribution in [1.82, 2.24) is 0 Å². The Bertz CT molecular complexity index is 149. The molecule has 0 radical (unpaired) electrons. The van der Waals surface area contributed by atoms with Crippen molar-refractivity contribution < 1.29 is 4.74 Å². The standard InChI is InChI=1S/C12H25NOS/c1-2-9-15-10-11(13)5-3-6-12-7-4-8-14-12/h11-12H,2-10,13H2,1H3. The average Bonchev–Trinajstić information content (AvgIpc) is 2.71. The largest absolute Gasteiger partial charge is 0.378 e. The van der Waals surface area contributed by atoms with Crippen LogP contribution in [0.15, 0.2) is 0 Å². The zero-order valence-corrected chi connectivity index (χ0v) is 10.7. The van der Waals surface area contributed by atoms with Gasteiger partial charge < -0.3 is 10.5 Å².